The summed E-state index contributed by atoms with van der Waals surface area (Å²) in [5.74, 6) is 1.67. The minimum absolute atomic E-state index is 0.218. The molecule has 0 spiro atoms. The minimum atomic E-state index is 0.218. The van der Waals surface area contributed by atoms with Crippen LogP contribution in [0.3, 0.4) is 0 Å². The third-order valence-electron chi connectivity index (χ3n) is 3.75. The van der Waals surface area contributed by atoms with E-state index in [2.05, 4.69) is 37.4 Å². The van der Waals surface area contributed by atoms with Crippen LogP contribution in [0.5, 0.6) is 5.75 Å². The van der Waals surface area contributed by atoms with Gasteiger partial charge in [0, 0.05) is 12.2 Å². The van der Waals surface area contributed by atoms with E-state index in [1.165, 1.54) is 18.4 Å². The van der Waals surface area contributed by atoms with Crippen LogP contribution in [0.2, 0.25) is 0 Å². The molecule has 1 N–H and O–H groups in total. The van der Waals surface area contributed by atoms with Gasteiger partial charge in [-0.3, -0.25) is 0 Å². The number of hydrogen-bond donors (Lipinski definition) is 1. The second kappa shape index (κ2) is 7.65. The predicted molar refractivity (Wildman–Crippen MR) is 82.2 cm³/mol. The molecule has 20 heavy (non-hydrogen) atoms. The normalized spacial score (nSPS) is 17.8. The average Bonchev–Trinajstić information content (AvgIpc) is 3.28. The van der Waals surface area contributed by atoms with E-state index < -0.39 is 0 Å². The van der Waals surface area contributed by atoms with Crippen molar-refractivity contribution in [3.8, 4) is 5.75 Å². The van der Waals surface area contributed by atoms with E-state index in [4.69, 9.17) is 9.47 Å². The molecular weight excluding hydrogens is 250 g/mol. The third-order valence-corrected chi connectivity index (χ3v) is 3.75. The number of ether oxygens (including phenoxy) is 2. The molecule has 0 saturated heterocycles. The number of likely N-dealkylation sites (N-methyl/N-ethyl adjacent to an activating group) is 1. The summed E-state index contributed by atoms with van der Waals surface area (Å²) in [6.07, 6.45) is 2.81. The van der Waals surface area contributed by atoms with E-state index in [0.29, 0.717) is 12.5 Å². The van der Waals surface area contributed by atoms with Gasteiger partial charge in [0.1, 0.15) is 5.75 Å². The maximum Gasteiger partial charge on any atom is 0.124 e. The molecule has 0 aliphatic heterocycles. The first-order chi connectivity index (χ1) is 9.81. The van der Waals surface area contributed by atoms with Crippen LogP contribution in [-0.2, 0) is 4.74 Å². The maximum absolute atomic E-state index is 6.05. The molecule has 0 radical (unpaired) electrons. The molecule has 1 saturated carbocycles. The lowest BCUT2D eigenvalue weighted by Gasteiger charge is -2.29. The van der Waals surface area contributed by atoms with Crippen molar-refractivity contribution < 1.29 is 9.47 Å². The molecule has 1 aliphatic rings. The highest BCUT2D eigenvalue weighted by Gasteiger charge is 2.38. The van der Waals surface area contributed by atoms with Crippen molar-refractivity contribution in [2.75, 3.05) is 19.8 Å². The Morgan fingerprint density at radius 3 is 2.50 bits per heavy atom. The van der Waals surface area contributed by atoms with Crippen LogP contribution >= 0.6 is 0 Å². The molecule has 2 unspecified atom stereocenters. The standard InChI is InChI=1S/C17H27NO2/c1-4-18-16(17(20-6-3)13-11-12-13)14-9-7-8-10-15(14)19-5-2/h7-10,13,16-18H,4-6,11-12H2,1-3H3. The smallest absolute Gasteiger partial charge is 0.124 e. The van der Waals surface area contributed by atoms with Gasteiger partial charge in [-0.15, -0.1) is 0 Å². The molecule has 1 aromatic rings. The summed E-state index contributed by atoms with van der Waals surface area (Å²) in [5, 5.41) is 3.60. The van der Waals surface area contributed by atoms with Crippen molar-refractivity contribution in [3.05, 3.63) is 29.8 Å². The summed E-state index contributed by atoms with van der Waals surface area (Å²) >= 11 is 0. The Kier molecular flexibility index (Phi) is 5.86. The summed E-state index contributed by atoms with van der Waals surface area (Å²) in [6.45, 7) is 8.64. The van der Waals surface area contributed by atoms with Gasteiger partial charge in [0.25, 0.3) is 0 Å². The highest BCUT2D eigenvalue weighted by atomic mass is 16.5. The van der Waals surface area contributed by atoms with Crippen molar-refractivity contribution in [3.63, 3.8) is 0 Å². The summed E-state index contributed by atoms with van der Waals surface area (Å²) < 4.78 is 11.8. The zero-order valence-electron chi connectivity index (χ0n) is 12.9. The predicted octanol–water partition coefficient (Wildman–Crippen LogP) is 3.55. The molecule has 0 heterocycles. The lowest BCUT2D eigenvalue weighted by molar-refractivity contribution is 0.0183. The van der Waals surface area contributed by atoms with Crippen molar-refractivity contribution in [2.24, 2.45) is 5.92 Å². The fourth-order valence-electron chi connectivity index (χ4n) is 2.77. The molecule has 112 valence electrons. The summed E-state index contributed by atoms with van der Waals surface area (Å²) in [4.78, 5) is 0. The molecule has 0 amide bonds. The van der Waals surface area contributed by atoms with Crippen LogP contribution in [0.1, 0.15) is 45.2 Å². The fourth-order valence-corrected chi connectivity index (χ4v) is 2.77. The number of nitrogens with one attached hydrogen (secondary N) is 1. The Hall–Kier alpha value is -1.06. The second-order valence-electron chi connectivity index (χ2n) is 5.26. The zero-order valence-corrected chi connectivity index (χ0v) is 12.9. The molecule has 3 heteroatoms. The van der Waals surface area contributed by atoms with Crippen LogP contribution < -0.4 is 10.1 Å². The largest absolute Gasteiger partial charge is 0.494 e. The molecule has 1 aliphatic carbocycles. The molecule has 2 rings (SSSR count). The van der Waals surface area contributed by atoms with Gasteiger partial charge in [-0.25, -0.2) is 0 Å². The molecule has 1 fully saturated rings. The second-order valence-corrected chi connectivity index (χ2v) is 5.26. The van der Waals surface area contributed by atoms with Gasteiger partial charge in [0.15, 0.2) is 0 Å². The number of para-hydroxylation sites is 1. The van der Waals surface area contributed by atoms with E-state index in [-0.39, 0.29) is 12.1 Å². The van der Waals surface area contributed by atoms with Gasteiger partial charge in [0.2, 0.25) is 0 Å². The zero-order chi connectivity index (χ0) is 14.4. The Morgan fingerprint density at radius 1 is 1.15 bits per heavy atom. The first kappa shape index (κ1) is 15.3. The number of hydrogen-bond acceptors (Lipinski definition) is 3. The number of rotatable bonds is 9. The molecule has 3 nitrogen and oxygen atoms in total. The Bertz CT molecular complexity index is 404. The topological polar surface area (TPSA) is 30.5 Å². The molecule has 0 bridgehead atoms. The van der Waals surface area contributed by atoms with E-state index in [0.717, 1.165) is 18.9 Å². The molecule has 2 atom stereocenters. The van der Waals surface area contributed by atoms with Crippen LogP contribution in [0.15, 0.2) is 24.3 Å². The van der Waals surface area contributed by atoms with Crippen LogP contribution in [0.25, 0.3) is 0 Å². The first-order valence-electron chi connectivity index (χ1n) is 7.88. The highest BCUT2D eigenvalue weighted by molar-refractivity contribution is 5.37. The third kappa shape index (κ3) is 3.74. The van der Waals surface area contributed by atoms with E-state index >= 15 is 0 Å². The lowest BCUT2D eigenvalue weighted by Crippen LogP contribution is -2.35. The van der Waals surface area contributed by atoms with E-state index in [9.17, 15) is 0 Å². The van der Waals surface area contributed by atoms with Crippen LogP contribution in [0.4, 0.5) is 0 Å². The fraction of sp³-hybridized carbons (Fsp3) is 0.647. The van der Waals surface area contributed by atoms with Crippen molar-refractivity contribution >= 4 is 0 Å². The van der Waals surface area contributed by atoms with Gasteiger partial charge in [-0.1, -0.05) is 25.1 Å². The first-order valence-corrected chi connectivity index (χ1v) is 7.88. The highest BCUT2D eigenvalue weighted by Crippen LogP contribution is 2.41. The van der Waals surface area contributed by atoms with E-state index in [1.54, 1.807) is 0 Å². The SMILES string of the molecule is CCNC(c1ccccc1OCC)C(OCC)C1CC1. The minimum Gasteiger partial charge on any atom is -0.494 e. The Morgan fingerprint density at radius 2 is 1.90 bits per heavy atom. The Labute approximate surface area is 122 Å². The summed E-state index contributed by atoms with van der Waals surface area (Å²) in [6, 6.07) is 8.55. The van der Waals surface area contributed by atoms with Crippen molar-refractivity contribution in [1.82, 2.24) is 5.32 Å². The summed E-state index contributed by atoms with van der Waals surface area (Å²) in [7, 11) is 0. The monoisotopic (exact) mass is 277 g/mol. The van der Waals surface area contributed by atoms with Crippen molar-refractivity contribution in [2.45, 2.75) is 45.8 Å². The van der Waals surface area contributed by atoms with Crippen molar-refractivity contribution in [1.29, 1.82) is 0 Å². The van der Waals surface area contributed by atoms with Crippen LogP contribution in [-0.4, -0.2) is 25.9 Å². The average molecular weight is 277 g/mol. The molecule has 0 aromatic heterocycles. The van der Waals surface area contributed by atoms with Crippen LogP contribution in [0, 0.1) is 5.92 Å². The van der Waals surface area contributed by atoms with Gasteiger partial charge >= 0.3 is 0 Å². The molecular formula is C17H27NO2. The van der Waals surface area contributed by atoms with Gasteiger partial charge in [-0.05, 0) is 45.2 Å². The Balaban J connectivity index is 2.26. The van der Waals surface area contributed by atoms with Gasteiger partial charge in [0.05, 0.1) is 18.8 Å². The van der Waals surface area contributed by atoms with Gasteiger partial charge < -0.3 is 14.8 Å². The molecule has 1 aromatic carbocycles. The van der Waals surface area contributed by atoms with Gasteiger partial charge in [-0.2, -0.15) is 0 Å². The number of benzene rings is 1. The maximum atomic E-state index is 6.05. The summed E-state index contributed by atoms with van der Waals surface area (Å²) in [5.41, 5.74) is 1.22. The van der Waals surface area contributed by atoms with E-state index in [1.807, 2.05) is 13.0 Å². The quantitative estimate of drug-likeness (QED) is 0.749. The lowest BCUT2D eigenvalue weighted by atomic mass is 9.97.